The van der Waals surface area contributed by atoms with Crippen LogP contribution >= 0.6 is 0 Å². The Morgan fingerprint density at radius 1 is 1.15 bits per heavy atom. The molecule has 0 aliphatic carbocycles. The zero-order valence-corrected chi connectivity index (χ0v) is 15.1. The van der Waals surface area contributed by atoms with Crippen molar-refractivity contribution in [2.75, 3.05) is 10.6 Å². The van der Waals surface area contributed by atoms with Gasteiger partial charge in [-0.2, -0.15) is 0 Å². The second kappa shape index (κ2) is 6.80. The Balaban J connectivity index is 1.73. The maximum atomic E-state index is 12.4. The molecule has 0 aromatic heterocycles. The number of carbonyl (C=O) groups is 2. The maximum absolute atomic E-state index is 12.4. The van der Waals surface area contributed by atoms with E-state index in [1.807, 2.05) is 31.2 Å². The van der Waals surface area contributed by atoms with E-state index in [0.29, 0.717) is 23.5 Å². The van der Waals surface area contributed by atoms with Crippen LogP contribution in [0, 0.1) is 6.92 Å². The lowest BCUT2D eigenvalue weighted by atomic mass is 9.95. The van der Waals surface area contributed by atoms with Crippen molar-refractivity contribution in [1.82, 2.24) is 5.32 Å². The minimum absolute atomic E-state index is 0.202. The van der Waals surface area contributed by atoms with Gasteiger partial charge in [0, 0.05) is 12.1 Å². The molecule has 0 fully saturated rings. The largest absolute Gasteiger partial charge is 0.388 e. The van der Waals surface area contributed by atoms with Crippen LogP contribution in [0.2, 0.25) is 0 Å². The Morgan fingerprint density at radius 3 is 2.50 bits per heavy atom. The molecule has 2 aromatic rings. The van der Waals surface area contributed by atoms with Crippen LogP contribution < -0.4 is 16.0 Å². The molecule has 136 valence electrons. The number of carbonyl (C=O) groups excluding carboxylic acids is 2. The standard InChI is InChI=1S/C20H23N3O3/c1-12-4-6-13(7-5-12)11-21-18(24)14-8-9-15-16(10-14)22-17(19(25)23-15)20(2,3)26/h4-10,17,22,26H,11H2,1-3H3,(H,21,24)(H,23,25)/t17-/m1/s1. The minimum Gasteiger partial charge on any atom is -0.388 e. The Hall–Kier alpha value is -2.86. The third-order valence-corrected chi connectivity index (χ3v) is 4.38. The highest BCUT2D eigenvalue weighted by molar-refractivity contribution is 6.05. The van der Waals surface area contributed by atoms with Crippen molar-refractivity contribution < 1.29 is 14.7 Å². The second-order valence-electron chi connectivity index (χ2n) is 7.15. The average molecular weight is 353 g/mol. The summed E-state index contributed by atoms with van der Waals surface area (Å²) in [6, 6.07) is 12.2. The zero-order chi connectivity index (χ0) is 18.9. The third-order valence-electron chi connectivity index (χ3n) is 4.38. The van der Waals surface area contributed by atoms with E-state index in [-0.39, 0.29) is 11.8 Å². The Bertz CT molecular complexity index is 838. The van der Waals surface area contributed by atoms with Crippen LogP contribution in [-0.2, 0) is 11.3 Å². The molecule has 2 aromatic carbocycles. The van der Waals surface area contributed by atoms with Crippen molar-refractivity contribution in [2.45, 2.75) is 39.0 Å². The molecule has 26 heavy (non-hydrogen) atoms. The van der Waals surface area contributed by atoms with Crippen molar-refractivity contribution in [3.05, 3.63) is 59.2 Å². The first-order valence-electron chi connectivity index (χ1n) is 8.51. The van der Waals surface area contributed by atoms with Gasteiger partial charge in [-0.3, -0.25) is 9.59 Å². The van der Waals surface area contributed by atoms with E-state index in [4.69, 9.17) is 0 Å². The summed E-state index contributed by atoms with van der Waals surface area (Å²) in [6.07, 6.45) is 0. The van der Waals surface area contributed by atoms with E-state index in [2.05, 4.69) is 16.0 Å². The lowest BCUT2D eigenvalue weighted by Crippen LogP contribution is -2.52. The van der Waals surface area contributed by atoms with Crippen LogP contribution in [-0.4, -0.2) is 28.6 Å². The Morgan fingerprint density at radius 2 is 1.85 bits per heavy atom. The Labute approximate surface area is 152 Å². The number of rotatable bonds is 4. The fourth-order valence-electron chi connectivity index (χ4n) is 2.83. The summed E-state index contributed by atoms with van der Waals surface area (Å²) in [5.41, 5.74) is 2.64. The molecule has 0 radical (unpaired) electrons. The molecular formula is C20H23N3O3. The average Bonchev–Trinajstić information content (AvgIpc) is 2.59. The van der Waals surface area contributed by atoms with Gasteiger partial charge < -0.3 is 21.1 Å². The molecular weight excluding hydrogens is 330 g/mol. The molecule has 1 atom stereocenters. The number of anilines is 2. The van der Waals surface area contributed by atoms with Gasteiger partial charge >= 0.3 is 0 Å². The molecule has 6 heteroatoms. The lowest BCUT2D eigenvalue weighted by Gasteiger charge is -2.34. The van der Waals surface area contributed by atoms with Gasteiger partial charge in [0.25, 0.3) is 5.91 Å². The maximum Gasteiger partial charge on any atom is 0.251 e. The molecule has 1 aliphatic rings. The normalized spacial score (nSPS) is 16.3. The number of hydrogen-bond acceptors (Lipinski definition) is 4. The molecule has 1 heterocycles. The van der Waals surface area contributed by atoms with Crippen LogP contribution in [0.15, 0.2) is 42.5 Å². The topological polar surface area (TPSA) is 90.5 Å². The highest BCUT2D eigenvalue weighted by atomic mass is 16.3. The monoisotopic (exact) mass is 353 g/mol. The van der Waals surface area contributed by atoms with E-state index < -0.39 is 11.6 Å². The first kappa shape index (κ1) is 17.9. The number of hydrogen-bond donors (Lipinski definition) is 4. The first-order valence-corrected chi connectivity index (χ1v) is 8.51. The number of nitrogens with one attached hydrogen (secondary N) is 3. The van der Waals surface area contributed by atoms with E-state index >= 15 is 0 Å². The van der Waals surface area contributed by atoms with E-state index in [1.165, 1.54) is 5.56 Å². The predicted molar refractivity (Wildman–Crippen MR) is 101 cm³/mol. The molecule has 3 rings (SSSR count). The molecule has 6 nitrogen and oxygen atoms in total. The number of amides is 2. The summed E-state index contributed by atoms with van der Waals surface area (Å²) in [5.74, 6) is -0.506. The zero-order valence-electron chi connectivity index (χ0n) is 15.1. The molecule has 0 bridgehead atoms. The molecule has 1 aliphatic heterocycles. The fraction of sp³-hybridized carbons (Fsp3) is 0.300. The molecule has 2 amide bonds. The van der Waals surface area contributed by atoms with Gasteiger partial charge in [0.05, 0.1) is 17.0 Å². The minimum atomic E-state index is -1.23. The van der Waals surface area contributed by atoms with E-state index in [1.54, 1.807) is 32.0 Å². The number of benzene rings is 2. The van der Waals surface area contributed by atoms with Crippen LogP contribution in [0.5, 0.6) is 0 Å². The van der Waals surface area contributed by atoms with Gasteiger partial charge in [-0.1, -0.05) is 29.8 Å². The predicted octanol–water partition coefficient (Wildman–Crippen LogP) is 2.43. The number of aryl methyl sites for hydroxylation is 1. The highest BCUT2D eigenvalue weighted by Crippen LogP contribution is 2.30. The van der Waals surface area contributed by atoms with Crippen LogP contribution in [0.1, 0.15) is 35.3 Å². The summed E-state index contributed by atoms with van der Waals surface area (Å²) in [4.78, 5) is 24.5. The number of fused-ring (bicyclic) bond motifs is 1. The van der Waals surface area contributed by atoms with Crippen LogP contribution in [0.3, 0.4) is 0 Å². The molecule has 0 unspecified atom stereocenters. The van der Waals surface area contributed by atoms with Gasteiger partial charge in [0.2, 0.25) is 5.91 Å². The van der Waals surface area contributed by atoms with Gasteiger partial charge in [0.1, 0.15) is 6.04 Å². The summed E-state index contributed by atoms with van der Waals surface area (Å²) in [6.45, 7) is 5.58. The smallest absolute Gasteiger partial charge is 0.251 e. The van der Waals surface area contributed by atoms with Gasteiger partial charge in [-0.15, -0.1) is 0 Å². The van der Waals surface area contributed by atoms with Crippen LogP contribution in [0.4, 0.5) is 11.4 Å². The van der Waals surface area contributed by atoms with Gasteiger partial charge in [0.15, 0.2) is 0 Å². The third kappa shape index (κ3) is 3.86. The summed E-state index contributed by atoms with van der Waals surface area (Å²) in [5, 5.41) is 18.8. The first-order chi connectivity index (χ1) is 12.2. The Kier molecular flexibility index (Phi) is 4.70. The van der Waals surface area contributed by atoms with Crippen molar-refractivity contribution >= 4 is 23.2 Å². The number of aliphatic hydroxyl groups is 1. The van der Waals surface area contributed by atoms with Crippen molar-refractivity contribution in [3.8, 4) is 0 Å². The summed E-state index contributed by atoms with van der Waals surface area (Å²) in [7, 11) is 0. The van der Waals surface area contributed by atoms with Crippen molar-refractivity contribution in [3.63, 3.8) is 0 Å². The molecule has 0 saturated carbocycles. The molecule has 0 saturated heterocycles. The van der Waals surface area contributed by atoms with Gasteiger partial charge in [-0.05, 0) is 44.5 Å². The fourth-order valence-corrected chi connectivity index (χ4v) is 2.83. The van der Waals surface area contributed by atoms with Crippen molar-refractivity contribution in [1.29, 1.82) is 0 Å². The second-order valence-corrected chi connectivity index (χ2v) is 7.15. The SMILES string of the molecule is Cc1ccc(CNC(=O)c2ccc3c(c2)N[C@@H](C(C)(C)O)C(=O)N3)cc1. The van der Waals surface area contributed by atoms with Crippen LogP contribution in [0.25, 0.3) is 0 Å². The molecule has 4 N–H and O–H groups in total. The quantitative estimate of drug-likeness (QED) is 0.679. The summed E-state index contributed by atoms with van der Waals surface area (Å²) >= 11 is 0. The highest BCUT2D eigenvalue weighted by Gasteiger charge is 2.37. The van der Waals surface area contributed by atoms with E-state index in [0.717, 1.165) is 5.56 Å². The van der Waals surface area contributed by atoms with E-state index in [9.17, 15) is 14.7 Å². The van der Waals surface area contributed by atoms with Gasteiger partial charge in [-0.25, -0.2) is 0 Å². The lowest BCUT2D eigenvalue weighted by molar-refractivity contribution is -0.121. The van der Waals surface area contributed by atoms with Crippen molar-refractivity contribution in [2.24, 2.45) is 0 Å². The summed E-state index contributed by atoms with van der Waals surface area (Å²) < 4.78 is 0. The molecule has 0 spiro atoms.